The molecule has 0 saturated carbocycles. The fourth-order valence-electron chi connectivity index (χ4n) is 5.13. The number of fused-ring (bicyclic) bond motifs is 1. The summed E-state index contributed by atoms with van der Waals surface area (Å²) in [7, 11) is 0. The van der Waals surface area contributed by atoms with Gasteiger partial charge in [-0.1, -0.05) is 39.0 Å². The van der Waals surface area contributed by atoms with E-state index >= 15 is 0 Å². The Labute approximate surface area is 251 Å². The third-order valence-corrected chi connectivity index (χ3v) is 10.6. The minimum atomic E-state index is -0.572. The molecule has 0 bridgehead atoms. The first-order valence-electron chi connectivity index (χ1n) is 15.0. The van der Waals surface area contributed by atoms with Crippen LogP contribution in [0.3, 0.4) is 0 Å². The number of rotatable bonds is 16. The molecule has 1 aliphatic heterocycles. The summed E-state index contributed by atoms with van der Waals surface area (Å²) in [6.45, 7) is 3.27. The fourth-order valence-corrected chi connectivity index (χ4v) is 8.36. The summed E-state index contributed by atoms with van der Waals surface area (Å²) in [6, 6.07) is 22.1. The van der Waals surface area contributed by atoms with Crippen LogP contribution in [0.5, 0.6) is 0 Å². The van der Waals surface area contributed by atoms with Crippen LogP contribution >= 0.6 is 0 Å². The average Bonchev–Trinajstić information content (AvgIpc) is 3.34. The molecule has 0 aliphatic carbocycles. The van der Waals surface area contributed by atoms with Crippen LogP contribution in [0.25, 0.3) is 11.1 Å². The van der Waals surface area contributed by atoms with E-state index in [4.69, 9.17) is 10.5 Å². The van der Waals surface area contributed by atoms with Gasteiger partial charge >= 0.3 is 213 Å². The van der Waals surface area contributed by atoms with Crippen molar-refractivity contribution >= 4 is 41.4 Å². The third kappa shape index (κ3) is 9.87. The first-order valence-corrected chi connectivity index (χ1v) is 17.4. The van der Waals surface area contributed by atoms with Gasteiger partial charge in [-0.3, -0.25) is 0 Å². The molecular weight excluding hydrogens is 604 g/mol. The van der Waals surface area contributed by atoms with Crippen LogP contribution in [0.4, 0.5) is 5.69 Å². The van der Waals surface area contributed by atoms with Gasteiger partial charge in [0.2, 0.25) is 0 Å². The van der Waals surface area contributed by atoms with Gasteiger partial charge in [0.05, 0.1) is 0 Å². The zero-order valence-corrected chi connectivity index (χ0v) is 26.3. The molecule has 0 fully saturated rings. The molecule has 40 heavy (non-hydrogen) atoms. The second-order valence-electron chi connectivity index (χ2n) is 10.5. The zero-order chi connectivity index (χ0) is 28.4. The molecule has 0 N–H and O–H groups in total. The van der Waals surface area contributed by atoms with E-state index in [1.54, 1.807) is 12.1 Å². The number of para-hydroxylation sites is 1. The number of unbranched alkanes of at least 4 members (excludes halogenated alkanes) is 13. The number of hydrogen-bond acceptors (Lipinski definition) is 4. The summed E-state index contributed by atoms with van der Waals surface area (Å²) in [6.07, 6.45) is 21.1. The Balaban J connectivity index is 1.52. The van der Waals surface area contributed by atoms with Gasteiger partial charge in [-0.2, -0.15) is 0 Å². The molecule has 0 amide bonds. The van der Waals surface area contributed by atoms with Gasteiger partial charge in [0, 0.05) is 0 Å². The molecule has 208 valence electrons. The maximum absolute atomic E-state index is 9.98. The van der Waals surface area contributed by atoms with Gasteiger partial charge in [0.15, 0.2) is 0 Å². The molecule has 0 saturated heterocycles. The Hall–Kier alpha value is -3.02. The molecule has 3 rings (SSSR count). The predicted octanol–water partition coefficient (Wildman–Crippen LogP) is 6.73. The third-order valence-electron chi connectivity index (χ3n) is 7.47. The number of nitrogens with zero attached hydrogens (tertiary/aromatic N) is 4. The molecular formula is C35H42N4Te. The molecule has 0 radical (unpaired) electrons. The van der Waals surface area contributed by atoms with Crippen molar-refractivity contribution in [1.82, 2.24) is 0 Å². The van der Waals surface area contributed by atoms with Crippen LogP contribution in [-0.2, 0) is 0 Å². The SMILES string of the molecule is CCCCCCCCCCCCCCCCN1/C(=C/C(C#N)=c2ccc(=C(C#N)C#N)cc2)[Te]c2ccccc21. The molecule has 0 atom stereocenters. The number of allylic oxidation sites excluding steroid dienone is 1. The van der Waals surface area contributed by atoms with Gasteiger partial charge in [-0.15, -0.1) is 0 Å². The van der Waals surface area contributed by atoms with E-state index in [0.717, 1.165) is 18.2 Å². The summed E-state index contributed by atoms with van der Waals surface area (Å²) < 4.78 is 2.71. The van der Waals surface area contributed by atoms with Crippen molar-refractivity contribution in [3.63, 3.8) is 0 Å². The van der Waals surface area contributed by atoms with E-state index in [-0.39, 0.29) is 5.57 Å². The van der Waals surface area contributed by atoms with Gasteiger partial charge in [0.1, 0.15) is 0 Å². The Morgan fingerprint density at radius 1 is 0.675 bits per heavy atom. The second kappa shape index (κ2) is 18.4. The molecule has 0 aromatic heterocycles. The summed E-state index contributed by atoms with van der Waals surface area (Å²) in [5, 5.41) is 29.6. The number of hydrogen-bond donors (Lipinski definition) is 0. The molecule has 0 spiro atoms. The van der Waals surface area contributed by atoms with Crippen molar-refractivity contribution in [3.05, 3.63) is 68.8 Å². The zero-order valence-electron chi connectivity index (χ0n) is 24.0. The predicted molar refractivity (Wildman–Crippen MR) is 167 cm³/mol. The van der Waals surface area contributed by atoms with Gasteiger partial charge in [0.25, 0.3) is 0 Å². The first-order chi connectivity index (χ1) is 19.7. The Kier molecular flexibility index (Phi) is 14.5. The van der Waals surface area contributed by atoms with E-state index in [1.165, 1.54) is 96.5 Å². The molecule has 5 heteroatoms. The topological polar surface area (TPSA) is 74.6 Å². The average molecular weight is 646 g/mol. The first kappa shape index (κ1) is 31.5. The van der Waals surface area contributed by atoms with Crippen LogP contribution in [0.15, 0.2) is 58.4 Å². The Morgan fingerprint density at radius 2 is 1.20 bits per heavy atom. The molecule has 2 aromatic rings. The molecule has 1 heterocycles. The standard InChI is InChI=1S/C35H42N4Te/c1-2-3-4-5-6-7-8-9-10-11-12-13-14-17-24-39-33-18-15-16-19-34(33)40-35(39)25-31(26-36)29-20-22-30(23-21-29)32(27-37)28-38/h15-16,18-23,25H,2-14,17,24H2,1H3/b35-25-. The molecule has 1 aliphatic rings. The molecule has 2 aromatic carbocycles. The van der Waals surface area contributed by atoms with Crippen molar-refractivity contribution in [1.29, 1.82) is 15.8 Å². The van der Waals surface area contributed by atoms with Crippen LogP contribution < -0.4 is 18.9 Å². The number of benzene rings is 2. The molecule has 4 nitrogen and oxygen atoms in total. The maximum atomic E-state index is 9.98. The van der Waals surface area contributed by atoms with Crippen LogP contribution in [0.1, 0.15) is 96.8 Å². The summed E-state index contributed by atoms with van der Waals surface area (Å²) in [5.41, 5.74) is 2.02. The number of nitriles is 3. The van der Waals surface area contributed by atoms with E-state index in [9.17, 15) is 5.26 Å². The van der Waals surface area contributed by atoms with Crippen molar-refractivity contribution in [3.8, 4) is 18.2 Å². The van der Waals surface area contributed by atoms with Gasteiger partial charge in [-0.05, 0) is 0 Å². The quantitative estimate of drug-likeness (QED) is 0.150. The Bertz CT molecular complexity index is 1330. The van der Waals surface area contributed by atoms with Crippen molar-refractivity contribution in [2.45, 2.75) is 96.8 Å². The normalized spacial score (nSPS) is 12.9. The van der Waals surface area contributed by atoms with Crippen molar-refractivity contribution in [2.24, 2.45) is 0 Å². The number of anilines is 1. The molecule has 0 unspecified atom stereocenters. The monoisotopic (exact) mass is 648 g/mol. The van der Waals surface area contributed by atoms with E-state index < -0.39 is 20.9 Å². The van der Waals surface area contributed by atoms with Crippen molar-refractivity contribution < 1.29 is 0 Å². The summed E-state index contributed by atoms with van der Waals surface area (Å²) in [4.78, 5) is 2.45. The minimum absolute atomic E-state index is 0.0842. The second-order valence-corrected chi connectivity index (χ2v) is 13.5. The van der Waals surface area contributed by atoms with E-state index in [1.807, 2.05) is 24.3 Å². The summed E-state index contributed by atoms with van der Waals surface area (Å²) >= 11 is -0.572. The van der Waals surface area contributed by atoms with Crippen LogP contribution in [0, 0.1) is 34.0 Å². The van der Waals surface area contributed by atoms with E-state index in [0.29, 0.717) is 10.8 Å². The van der Waals surface area contributed by atoms with Gasteiger partial charge < -0.3 is 0 Å². The van der Waals surface area contributed by atoms with Crippen LogP contribution in [0.2, 0.25) is 0 Å². The fraction of sp³-hybridized carbons (Fsp3) is 0.457. The van der Waals surface area contributed by atoms with Crippen molar-refractivity contribution in [2.75, 3.05) is 11.4 Å². The van der Waals surface area contributed by atoms with Gasteiger partial charge in [-0.25, -0.2) is 0 Å². The van der Waals surface area contributed by atoms with Crippen LogP contribution in [-0.4, -0.2) is 27.5 Å². The summed E-state index contributed by atoms with van der Waals surface area (Å²) in [5.74, 6) is 0. The van der Waals surface area contributed by atoms with E-state index in [2.05, 4.69) is 48.2 Å². The Morgan fingerprint density at radius 3 is 1.75 bits per heavy atom.